The second kappa shape index (κ2) is 6.86. The van der Waals surface area contributed by atoms with Crippen LogP contribution in [0, 0.1) is 5.92 Å². The molecular weight excluding hydrogens is 304 g/mol. The highest BCUT2D eigenvalue weighted by atomic mass is 32.2. The quantitative estimate of drug-likeness (QED) is 0.801. The zero-order chi connectivity index (χ0) is 16.4. The molecule has 126 valence electrons. The van der Waals surface area contributed by atoms with Crippen molar-refractivity contribution >= 4 is 23.4 Å². The predicted octanol–water partition coefficient (Wildman–Crippen LogP) is 4.44. The summed E-state index contributed by atoms with van der Waals surface area (Å²) in [6.45, 7) is 6.62. The van der Waals surface area contributed by atoms with Gasteiger partial charge >= 0.3 is 0 Å². The lowest BCUT2D eigenvalue weighted by atomic mass is 9.89. The van der Waals surface area contributed by atoms with Crippen LogP contribution in [0.4, 0.5) is 5.69 Å². The summed E-state index contributed by atoms with van der Waals surface area (Å²) < 4.78 is 0.207. The first kappa shape index (κ1) is 16.8. The highest BCUT2D eigenvalue weighted by Crippen LogP contribution is 2.34. The van der Waals surface area contributed by atoms with Gasteiger partial charge in [-0.25, -0.2) is 0 Å². The van der Waals surface area contributed by atoms with Gasteiger partial charge in [0, 0.05) is 33.8 Å². The Morgan fingerprint density at radius 1 is 1.17 bits per heavy atom. The van der Waals surface area contributed by atoms with Crippen LogP contribution in [0.15, 0.2) is 29.2 Å². The molecule has 4 heteroatoms. The molecule has 0 aliphatic carbocycles. The molecular formula is C19H28N2OS. The van der Waals surface area contributed by atoms with Crippen LogP contribution in [0.5, 0.6) is 0 Å². The van der Waals surface area contributed by atoms with E-state index in [2.05, 4.69) is 43.5 Å². The van der Waals surface area contributed by atoms with Gasteiger partial charge in [0.25, 0.3) is 0 Å². The number of hydrogen-bond donors (Lipinski definition) is 2. The molecule has 1 amide bonds. The van der Waals surface area contributed by atoms with Crippen LogP contribution in [0.3, 0.4) is 0 Å². The first-order valence-electron chi connectivity index (χ1n) is 8.72. The van der Waals surface area contributed by atoms with Gasteiger partial charge in [-0.15, -0.1) is 11.8 Å². The zero-order valence-corrected chi connectivity index (χ0v) is 15.2. The molecule has 0 radical (unpaired) electrons. The SMILES string of the molecule is CC(C)(C)Sc1ccc(NC(=O)CC2CC3CCC(C2)N3)cc1. The highest BCUT2D eigenvalue weighted by molar-refractivity contribution is 8.00. The van der Waals surface area contributed by atoms with E-state index in [4.69, 9.17) is 0 Å². The van der Waals surface area contributed by atoms with Crippen LogP contribution >= 0.6 is 11.8 Å². The van der Waals surface area contributed by atoms with E-state index in [1.807, 2.05) is 23.9 Å². The van der Waals surface area contributed by atoms with Crippen molar-refractivity contribution in [1.82, 2.24) is 5.32 Å². The number of amides is 1. The van der Waals surface area contributed by atoms with Gasteiger partial charge in [0.1, 0.15) is 0 Å². The number of rotatable bonds is 4. The predicted molar refractivity (Wildman–Crippen MR) is 98.0 cm³/mol. The van der Waals surface area contributed by atoms with Gasteiger partial charge in [-0.2, -0.15) is 0 Å². The molecule has 2 saturated heterocycles. The first-order valence-corrected chi connectivity index (χ1v) is 9.54. The van der Waals surface area contributed by atoms with Crippen LogP contribution in [0.1, 0.15) is 52.9 Å². The van der Waals surface area contributed by atoms with E-state index in [1.165, 1.54) is 17.7 Å². The summed E-state index contributed by atoms with van der Waals surface area (Å²) in [5, 5.41) is 6.69. The topological polar surface area (TPSA) is 41.1 Å². The minimum absolute atomic E-state index is 0.160. The molecule has 2 bridgehead atoms. The normalized spacial score (nSPS) is 27.0. The molecule has 0 aromatic heterocycles. The summed E-state index contributed by atoms with van der Waals surface area (Å²) in [4.78, 5) is 13.5. The molecule has 1 aromatic rings. The number of fused-ring (bicyclic) bond motifs is 2. The van der Waals surface area contributed by atoms with Gasteiger partial charge < -0.3 is 10.6 Å². The fourth-order valence-electron chi connectivity index (χ4n) is 3.78. The maximum absolute atomic E-state index is 12.3. The van der Waals surface area contributed by atoms with E-state index < -0.39 is 0 Å². The molecule has 0 saturated carbocycles. The molecule has 2 N–H and O–H groups in total. The Bertz CT molecular complexity index is 537. The lowest BCUT2D eigenvalue weighted by Gasteiger charge is -2.28. The molecule has 2 heterocycles. The van der Waals surface area contributed by atoms with Crippen molar-refractivity contribution < 1.29 is 4.79 Å². The standard InChI is InChI=1S/C19H28N2OS/c1-19(2,3)23-17-8-6-14(7-9-17)21-18(22)12-13-10-15-4-5-16(11-13)20-15/h6-9,13,15-16,20H,4-5,10-12H2,1-3H3,(H,21,22). The van der Waals surface area contributed by atoms with Crippen molar-refractivity contribution in [2.45, 2.75) is 74.6 Å². The van der Waals surface area contributed by atoms with E-state index in [-0.39, 0.29) is 10.7 Å². The van der Waals surface area contributed by atoms with Crippen molar-refractivity contribution in [2.24, 2.45) is 5.92 Å². The number of thioether (sulfide) groups is 1. The van der Waals surface area contributed by atoms with Crippen molar-refractivity contribution in [3.8, 4) is 0 Å². The Labute approximate surface area is 144 Å². The molecule has 2 atom stereocenters. The fraction of sp³-hybridized carbons (Fsp3) is 0.632. The van der Waals surface area contributed by atoms with Crippen LogP contribution in [-0.2, 0) is 4.79 Å². The second-order valence-corrected chi connectivity index (χ2v) is 9.87. The van der Waals surface area contributed by atoms with Crippen LogP contribution in [0.2, 0.25) is 0 Å². The third-order valence-corrected chi connectivity index (χ3v) is 5.73. The smallest absolute Gasteiger partial charge is 0.224 e. The highest BCUT2D eigenvalue weighted by Gasteiger charge is 2.34. The minimum Gasteiger partial charge on any atom is -0.326 e. The zero-order valence-electron chi connectivity index (χ0n) is 14.4. The van der Waals surface area contributed by atoms with Crippen molar-refractivity contribution in [3.05, 3.63) is 24.3 Å². The van der Waals surface area contributed by atoms with Gasteiger partial charge in [-0.05, 0) is 55.9 Å². The molecule has 3 nitrogen and oxygen atoms in total. The van der Waals surface area contributed by atoms with E-state index in [9.17, 15) is 4.79 Å². The van der Waals surface area contributed by atoms with E-state index >= 15 is 0 Å². The molecule has 2 fully saturated rings. The fourth-order valence-corrected chi connectivity index (χ4v) is 4.76. The van der Waals surface area contributed by atoms with Gasteiger partial charge in [0.15, 0.2) is 0 Å². The van der Waals surface area contributed by atoms with Gasteiger partial charge in [-0.3, -0.25) is 4.79 Å². The first-order chi connectivity index (χ1) is 10.9. The average molecular weight is 333 g/mol. The number of hydrogen-bond acceptors (Lipinski definition) is 3. The van der Waals surface area contributed by atoms with Gasteiger partial charge in [-0.1, -0.05) is 20.8 Å². The number of piperidine rings is 1. The summed E-state index contributed by atoms with van der Waals surface area (Å²) in [7, 11) is 0. The Balaban J connectivity index is 1.50. The van der Waals surface area contributed by atoms with Crippen LogP contribution in [0.25, 0.3) is 0 Å². The Morgan fingerprint density at radius 2 is 1.78 bits per heavy atom. The maximum atomic E-state index is 12.3. The Kier molecular flexibility index (Phi) is 5.02. The largest absolute Gasteiger partial charge is 0.326 e. The molecule has 2 aliphatic heterocycles. The Hall–Kier alpha value is -1.00. The summed E-state index contributed by atoms with van der Waals surface area (Å²) in [6.07, 6.45) is 5.55. The third-order valence-electron chi connectivity index (χ3n) is 4.61. The number of nitrogens with one attached hydrogen (secondary N) is 2. The average Bonchev–Trinajstić information content (AvgIpc) is 2.78. The van der Waals surface area contributed by atoms with E-state index in [0.717, 1.165) is 18.5 Å². The molecule has 23 heavy (non-hydrogen) atoms. The summed E-state index contributed by atoms with van der Waals surface area (Å²) in [5.41, 5.74) is 0.908. The number of benzene rings is 1. The van der Waals surface area contributed by atoms with Gasteiger partial charge in [0.05, 0.1) is 0 Å². The summed E-state index contributed by atoms with van der Waals surface area (Å²) in [5.74, 6) is 0.706. The Morgan fingerprint density at radius 3 is 2.35 bits per heavy atom. The third kappa shape index (κ3) is 4.98. The number of anilines is 1. The maximum Gasteiger partial charge on any atom is 0.224 e. The second-order valence-electron chi connectivity index (χ2n) is 7.97. The minimum atomic E-state index is 0.160. The lowest BCUT2D eigenvalue weighted by Crippen LogP contribution is -2.39. The van der Waals surface area contributed by atoms with Gasteiger partial charge in [0.2, 0.25) is 5.91 Å². The molecule has 1 aromatic carbocycles. The van der Waals surface area contributed by atoms with Crippen LogP contribution < -0.4 is 10.6 Å². The van der Waals surface area contributed by atoms with Crippen molar-refractivity contribution in [3.63, 3.8) is 0 Å². The number of carbonyl (C=O) groups excluding carboxylic acids is 1. The van der Waals surface area contributed by atoms with E-state index in [1.54, 1.807) is 0 Å². The molecule has 3 rings (SSSR count). The molecule has 2 unspecified atom stereocenters. The monoisotopic (exact) mass is 332 g/mol. The lowest BCUT2D eigenvalue weighted by molar-refractivity contribution is -0.117. The van der Waals surface area contributed by atoms with E-state index in [0.29, 0.717) is 24.4 Å². The summed E-state index contributed by atoms with van der Waals surface area (Å²) >= 11 is 1.84. The molecule has 0 spiro atoms. The molecule has 2 aliphatic rings. The van der Waals surface area contributed by atoms with Crippen LogP contribution in [-0.4, -0.2) is 22.7 Å². The van der Waals surface area contributed by atoms with Crippen molar-refractivity contribution in [2.75, 3.05) is 5.32 Å². The summed E-state index contributed by atoms with van der Waals surface area (Å²) in [6, 6.07) is 9.52. The number of carbonyl (C=O) groups is 1. The van der Waals surface area contributed by atoms with Crippen molar-refractivity contribution in [1.29, 1.82) is 0 Å².